The third kappa shape index (κ3) is 2.18. The van der Waals surface area contributed by atoms with Crippen LogP contribution >= 0.6 is 0 Å². The van der Waals surface area contributed by atoms with Gasteiger partial charge in [-0.1, -0.05) is 12.6 Å². The van der Waals surface area contributed by atoms with Gasteiger partial charge in [0.1, 0.15) is 5.75 Å². The summed E-state index contributed by atoms with van der Waals surface area (Å²) in [4.78, 5) is 11.6. The highest BCUT2D eigenvalue weighted by atomic mass is 16.5. The van der Waals surface area contributed by atoms with Gasteiger partial charge in [-0.05, 0) is 43.0 Å². The molecular weight excluding hydrogens is 216 g/mol. The molecule has 0 heterocycles. The summed E-state index contributed by atoms with van der Waals surface area (Å²) in [7, 11) is 0. The number of fused-ring (bicyclic) bond motifs is 1. The number of aryl methyl sites for hydroxylation is 1. The second kappa shape index (κ2) is 4.62. The van der Waals surface area contributed by atoms with Gasteiger partial charge in [-0.3, -0.25) is 0 Å². The van der Waals surface area contributed by atoms with Crippen molar-refractivity contribution in [1.82, 2.24) is 0 Å². The van der Waals surface area contributed by atoms with Gasteiger partial charge in [0.05, 0.1) is 6.61 Å². The minimum atomic E-state index is -0.321. The molecule has 90 valence electrons. The molecule has 1 unspecified atom stereocenters. The molecule has 1 N–H and O–H groups in total. The van der Waals surface area contributed by atoms with E-state index in [9.17, 15) is 9.90 Å². The number of hydrogen-bond acceptors (Lipinski definition) is 3. The van der Waals surface area contributed by atoms with Crippen LogP contribution < -0.4 is 0 Å². The van der Waals surface area contributed by atoms with Gasteiger partial charge in [-0.15, -0.1) is 0 Å². The Hall–Kier alpha value is -1.77. The quantitative estimate of drug-likeness (QED) is 0.643. The first-order chi connectivity index (χ1) is 8.13. The van der Waals surface area contributed by atoms with Crippen LogP contribution in [0.15, 0.2) is 30.4 Å². The molecule has 17 heavy (non-hydrogen) atoms. The third-order valence-corrected chi connectivity index (χ3v) is 3.16. The molecule has 0 aliphatic heterocycles. The Bertz CT molecular complexity index is 463. The number of phenols is 1. The minimum absolute atomic E-state index is 0.0321. The van der Waals surface area contributed by atoms with Gasteiger partial charge in [0, 0.05) is 11.5 Å². The largest absolute Gasteiger partial charge is 0.508 e. The predicted molar refractivity (Wildman–Crippen MR) is 64.9 cm³/mol. The highest BCUT2D eigenvalue weighted by molar-refractivity contribution is 5.89. The van der Waals surface area contributed by atoms with Crippen molar-refractivity contribution >= 4 is 5.97 Å². The molecule has 2 rings (SSSR count). The highest BCUT2D eigenvalue weighted by Gasteiger charge is 2.28. The van der Waals surface area contributed by atoms with Crippen molar-refractivity contribution in [3.8, 4) is 5.75 Å². The van der Waals surface area contributed by atoms with Crippen molar-refractivity contribution in [2.75, 3.05) is 6.61 Å². The maximum Gasteiger partial charge on any atom is 0.334 e. The first kappa shape index (κ1) is 11.7. The molecular formula is C14H16O3. The molecule has 0 amide bonds. The van der Waals surface area contributed by atoms with Crippen LogP contribution in [0.1, 0.15) is 30.4 Å². The Labute approximate surface area is 101 Å². The van der Waals surface area contributed by atoms with Gasteiger partial charge < -0.3 is 9.84 Å². The number of hydrogen-bond donors (Lipinski definition) is 1. The van der Waals surface area contributed by atoms with Gasteiger partial charge >= 0.3 is 5.97 Å². The number of rotatable bonds is 3. The fraction of sp³-hybridized carbons (Fsp3) is 0.357. The van der Waals surface area contributed by atoms with E-state index in [1.54, 1.807) is 19.1 Å². The number of carbonyl (C=O) groups is 1. The molecule has 0 saturated heterocycles. The number of ether oxygens (including phenoxy) is 1. The van der Waals surface area contributed by atoms with Crippen molar-refractivity contribution in [2.45, 2.75) is 25.7 Å². The lowest BCUT2D eigenvalue weighted by atomic mass is 9.94. The zero-order valence-electron chi connectivity index (χ0n) is 9.90. The van der Waals surface area contributed by atoms with Crippen LogP contribution in [0.2, 0.25) is 0 Å². The van der Waals surface area contributed by atoms with E-state index in [1.165, 1.54) is 0 Å². The predicted octanol–water partition coefficient (Wildman–Crippen LogP) is 2.54. The maximum absolute atomic E-state index is 11.6. The molecule has 1 aliphatic carbocycles. The first-order valence-electron chi connectivity index (χ1n) is 5.81. The van der Waals surface area contributed by atoms with E-state index >= 15 is 0 Å². The van der Waals surface area contributed by atoms with E-state index < -0.39 is 0 Å². The van der Waals surface area contributed by atoms with E-state index in [0.717, 1.165) is 24.0 Å². The molecule has 0 bridgehead atoms. The van der Waals surface area contributed by atoms with Crippen LogP contribution in [0.25, 0.3) is 0 Å². The minimum Gasteiger partial charge on any atom is -0.508 e. The maximum atomic E-state index is 11.6. The molecule has 1 aliphatic rings. The second-order valence-corrected chi connectivity index (χ2v) is 4.22. The SMILES string of the molecule is C=C(C(=O)OCC)C1CCc2cc(O)ccc21. The van der Waals surface area contributed by atoms with Crippen LogP contribution in [0, 0.1) is 0 Å². The lowest BCUT2D eigenvalue weighted by Crippen LogP contribution is -2.12. The molecule has 1 aromatic rings. The standard InChI is InChI=1S/C14H16O3/c1-3-17-14(16)9(2)12-6-4-10-8-11(15)5-7-13(10)12/h5,7-8,12,15H,2-4,6H2,1H3. The van der Waals surface area contributed by atoms with E-state index in [2.05, 4.69) is 6.58 Å². The first-order valence-corrected chi connectivity index (χ1v) is 5.81. The molecule has 3 nitrogen and oxygen atoms in total. The summed E-state index contributed by atoms with van der Waals surface area (Å²) in [5.74, 6) is -0.0192. The van der Waals surface area contributed by atoms with Crippen LogP contribution in [0.5, 0.6) is 5.75 Å². The number of phenolic OH excluding ortho intramolecular Hbond substituents is 1. The Kier molecular flexibility index (Phi) is 3.18. The Balaban J connectivity index is 2.22. The topological polar surface area (TPSA) is 46.5 Å². The van der Waals surface area contributed by atoms with E-state index in [1.807, 2.05) is 6.07 Å². The highest BCUT2D eigenvalue weighted by Crippen LogP contribution is 2.39. The van der Waals surface area contributed by atoms with E-state index in [4.69, 9.17) is 4.74 Å². The summed E-state index contributed by atoms with van der Waals surface area (Å²) in [6, 6.07) is 5.27. The average Bonchev–Trinajstić information content (AvgIpc) is 2.71. The number of carbonyl (C=O) groups excluding carboxylic acids is 1. The van der Waals surface area contributed by atoms with Crippen LogP contribution in [-0.4, -0.2) is 17.7 Å². The Morgan fingerprint density at radius 3 is 3.06 bits per heavy atom. The van der Waals surface area contributed by atoms with Gasteiger partial charge in [-0.25, -0.2) is 4.79 Å². The Morgan fingerprint density at radius 1 is 1.59 bits per heavy atom. The van der Waals surface area contributed by atoms with Crippen molar-refractivity contribution in [3.63, 3.8) is 0 Å². The van der Waals surface area contributed by atoms with Crippen molar-refractivity contribution in [2.24, 2.45) is 0 Å². The summed E-state index contributed by atoms with van der Waals surface area (Å²) in [6.07, 6.45) is 1.73. The lowest BCUT2D eigenvalue weighted by Gasteiger charge is -2.13. The number of esters is 1. The smallest absolute Gasteiger partial charge is 0.334 e. The van der Waals surface area contributed by atoms with Crippen LogP contribution in [0.4, 0.5) is 0 Å². The lowest BCUT2D eigenvalue weighted by molar-refractivity contribution is -0.138. The van der Waals surface area contributed by atoms with Crippen molar-refractivity contribution in [1.29, 1.82) is 0 Å². The van der Waals surface area contributed by atoms with Crippen LogP contribution in [0.3, 0.4) is 0 Å². The van der Waals surface area contributed by atoms with Crippen LogP contribution in [-0.2, 0) is 16.0 Å². The third-order valence-electron chi connectivity index (χ3n) is 3.16. The fourth-order valence-electron chi connectivity index (χ4n) is 2.33. The zero-order chi connectivity index (χ0) is 12.4. The zero-order valence-corrected chi connectivity index (χ0v) is 9.90. The average molecular weight is 232 g/mol. The summed E-state index contributed by atoms with van der Waals surface area (Å²) < 4.78 is 4.97. The fourth-order valence-corrected chi connectivity index (χ4v) is 2.33. The molecule has 1 atom stereocenters. The number of aromatic hydroxyl groups is 1. The molecule has 3 heteroatoms. The van der Waals surface area contributed by atoms with Gasteiger partial charge in [-0.2, -0.15) is 0 Å². The molecule has 0 fully saturated rings. The van der Waals surface area contributed by atoms with Gasteiger partial charge in [0.15, 0.2) is 0 Å². The molecule has 0 radical (unpaired) electrons. The molecule has 0 saturated carbocycles. The van der Waals surface area contributed by atoms with Gasteiger partial charge in [0.25, 0.3) is 0 Å². The number of benzene rings is 1. The van der Waals surface area contributed by atoms with Crippen molar-refractivity contribution in [3.05, 3.63) is 41.5 Å². The summed E-state index contributed by atoms with van der Waals surface area (Å²) in [5.41, 5.74) is 2.69. The second-order valence-electron chi connectivity index (χ2n) is 4.22. The van der Waals surface area contributed by atoms with E-state index in [-0.39, 0.29) is 17.6 Å². The van der Waals surface area contributed by atoms with Crippen molar-refractivity contribution < 1.29 is 14.6 Å². The molecule has 1 aromatic carbocycles. The Morgan fingerprint density at radius 2 is 2.35 bits per heavy atom. The normalized spacial score (nSPS) is 17.6. The summed E-state index contributed by atoms with van der Waals surface area (Å²) in [5, 5.41) is 9.40. The monoisotopic (exact) mass is 232 g/mol. The molecule has 0 aromatic heterocycles. The summed E-state index contributed by atoms with van der Waals surface area (Å²) in [6.45, 7) is 5.99. The summed E-state index contributed by atoms with van der Waals surface area (Å²) >= 11 is 0. The van der Waals surface area contributed by atoms with E-state index in [0.29, 0.717) is 12.2 Å². The van der Waals surface area contributed by atoms with Gasteiger partial charge in [0.2, 0.25) is 0 Å². The molecule has 0 spiro atoms.